The van der Waals surface area contributed by atoms with Crippen LogP contribution in [0.5, 0.6) is 0 Å². The normalized spacial score (nSPS) is 20.5. The molecule has 1 saturated carbocycles. The van der Waals surface area contributed by atoms with Gasteiger partial charge in [-0.2, -0.15) is 13.2 Å². The minimum atomic E-state index is -4.12. The second-order valence-corrected chi connectivity index (χ2v) is 7.61. The van der Waals surface area contributed by atoms with E-state index in [1.807, 2.05) is 12.1 Å². The molecule has 3 heteroatoms. The van der Waals surface area contributed by atoms with E-state index in [1.54, 1.807) is 0 Å². The SMILES string of the molecule is CCCCCCC1CCC(c2ccc(C#CCCC(F)(F)F)cc2)CC1. The minimum absolute atomic E-state index is 0.131. The predicted molar refractivity (Wildman–Crippen MR) is 102 cm³/mol. The quantitative estimate of drug-likeness (QED) is 0.345. The topological polar surface area (TPSA) is 0 Å². The van der Waals surface area contributed by atoms with E-state index < -0.39 is 12.6 Å². The van der Waals surface area contributed by atoms with E-state index >= 15 is 0 Å². The largest absolute Gasteiger partial charge is 0.390 e. The standard InChI is InChI=1S/C23H31F3/c1-2-3-4-5-8-19-10-14-21(15-11-19)22-16-12-20(13-17-22)9-6-7-18-23(24,25)26/h12-13,16-17,19,21H,2-5,7-8,10-11,14-15,18H2,1H3. The molecule has 26 heavy (non-hydrogen) atoms. The van der Waals surface area contributed by atoms with Gasteiger partial charge in [0.2, 0.25) is 0 Å². The Balaban J connectivity index is 1.74. The number of benzene rings is 1. The van der Waals surface area contributed by atoms with Crippen LogP contribution in [0.3, 0.4) is 0 Å². The predicted octanol–water partition coefficient (Wildman–Crippen LogP) is 7.62. The van der Waals surface area contributed by atoms with Crippen molar-refractivity contribution >= 4 is 0 Å². The molecule has 0 atom stereocenters. The first-order chi connectivity index (χ1) is 12.5. The maximum absolute atomic E-state index is 12.1. The highest BCUT2D eigenvalue weighted by Crippen LogP contribution is 2.37. The average Bonchev–Trinajstić information content (AvgIpc) is 2.63. The van der Waals surface area contributed by atoms with Gasteiger partial charge in [-0.3, -0.25) is 0 Å². The fourth-order valence-electron chi connectivity index (χ4n) is 3.85. The second kappa shape index (κ2) is 10.7. The molecular formula is C23H31F3. The average molecular weight is 364 g/mol. The lowest BCUT2D eigenvalue weighted by molar-refractivity contribution is -0.133. The maximum atomic E-state index is 12.1. The zero-order valence-electron chi connectivity index (χ0n) is 15.9. The molecule has 1 aliphatic carbocycles. The third kappa shape index (κ3) is 7.85. The fourth-order valence-corrected chi connectivity index (χ4v) is 3.85. The summed E-state index contributed by atoms with van der Waals surface area (Å²) < 4.78 is 36.3. The summed E-state index contributed by atoms with van der Waals surface area (Å²) in [5, 5.41) is 0. The van der Waals surface area contributed by atoms with Crippen LogP contribution in [-0.2, 0) is 0 Å². The van der Waals surface area contributed by atoms with Crippen molar-refractivity contribution in [2.75, 3.05) is 0 Å². The van der Waals surface area contributed by atoms with Gasteiger partial charge in [0.1, 0.15) is 0 Å². The summed E-state index contributed by atoms with van der Waals surface area (Å²) in [6.07, 6.45) is 6.90. The fraction of sp³-hybridized carbons (Fsp3) is 0.652. The molecule has 0 radical (unpaired) electrons. The van der Waals surface area contributed by atoms with Gasteiger partial charge in [0.05, 0.1) is 6.42 Å². The molecule has 0 unspecified atom stereocenters. The molecule has 0 amide bonds. The van der Waals surface area contributed by atoms with Crippen LogP contribution in [0.15, 0.2) is 24.3 Å². The van der Waals surface area contributed by atoms with Gasteiger partial charge >= 0.3 is 6.18 Å². The number of unbranched alkanes of at least 4 members (excludes halogenated alkanes) is 3. The Labute approximate surface area is 156 Å². The smallest absolute Gasteiger partial charge is 0.171 e. The Morgan fingerprint density at radius 1 is 0.962 bits per heavy atom. The summed E-state index contributed by atoms with van der Waals surface area (Å²) in [5.74, 6) is 7.00. The number of halogens is 3. The van der Waals surface area contributed by atoms with Crippen molar-refractivity contribution < 1.29 is 13.2 Å². The Morgan fingerprint density at radius 3 is 2.27 bits per heavy atom. The summed E-state index contributed by atoms with van der Waals surface area (Å²) in [6, 6.07) is 8.12. The molecular weight excluding hydrogens is 333 g/mol. The lowest BCUT2D eigenvalue weighted by Gasteiger charge is -2.29. The van der Waals surface area contributed by atoms with Crippen molar-refractivity contribution in [1.29, 1.82) is 0 Å². The Hall–Kier alpha value is -1.43. The first-order valence-corrected chi connectivity index (χ1v) is 10.1. The van der Waals surface area contributed by atoms with Gasteiger partial charge in [0.25, 0.3) is 0 Å². The lowest BCUT2D eigenvalue weighted by atomic mass is 9.77. The molecule has 0 heterocycles. The molecule has 1 aromatic carbocycles. The van der Waals surface area contributed by atoms with Crippen LogP contribution in [0.4, 0.5) is 13.2 Å². The monoisotopic (exact) mass is 364 g/mol. The molecule has 1 aliphatic rings. The van der Waals surface area contributed by atoms with E-state index in [1.165, 1.54) is 63.4 Å². The Morgan fingerprint density at radius 2 is 1.65 bits per heavy atom. The van der Waals surface area contributed by atoms with Crippen LogP contribution < -0.4 is 0 Å². The number of hydrogen-bond donors (Lipinski definition) is 0. The Kier molecular flexibility index (Phi) is 8.55. The molecule has 144 valence electrons. The van der Waals surface area contributed by atoms with Crippen LogP contribution in [0.2, 0.25) is 0 Å². The van der Waals surface area contributed by atoms with Crippen LogP contribution in [-0.4, -0.2) is 6.18 Å². The molecule has 1 fully saturated rings. The van der Waals surface area contributed by atoms with E-state index in [2.05, 4.69) is 30.9 Å². The van der Waals surface area contributed by atoms with Crippen molar-refractivity contribution in [3.8, 4) is 11.8 Å². The molecule has 0 spiro atoms. The highest BCUT2D eigenvalue weighted by molar-refractivity contribution is 5.37. The van der Waals surface area contributed by atoms with E-state index in [9.17, 15) is 13.2 Å². The zero-order valence-corrected chi connectivity index (χ0v) is 15.9. The first-order valence-electron chi connectivity index (χ1n) is 10.1. The van der Waals surface area contributed by atoms with Crippen LogP contribution >= 0.6 is 0 Å². The molecule has 0 nitrogen and oxygen atoms in total. The van der Waals surface area contributed by atoms with Crippen LogP contribution in [0, 0.1) is 17.8 Å². The van der Waals surface area contributed by atoms with Gasteiger partial charge in [-0.25, -0.2) is 0 Å². The van der Waals surface area contributed by atoms with Crippen molar-refractivity contribution in [2.45, 2.75) is 89.6 Å². The molecule has 0 aliphatic heterocycles. The van der Waals surface area contributed by atoms with Gasteiger partial charge in [0.15, 0.2) is 0 Å². The molecule has 0 saturated heterocycles. The van der Waals surface area contributed by atoms with Crippen molar-refractivity contribution in [2.24, 2.45) is 5.92 Å². The van der Waals surface area contributed by atoms with Crippen molar-refractivity contribution in [3.63, 3.8) is 0 Å². The van der Waals surface area contributed by atoms with Crippen LogP contribution in [0.25, 0.3) is 0 Å². The number of hydrogen-bond acceptors (Lipinski definition) is 0. The van der Waals surface area contributed by atoms with Gasteiger partial charge < -0.3 is 0 Å². The number of alkyl halides is 3. The molecule has 0 bridgehead atoms. The Bertz CT molecular complexity index is 566. The van der Waals surface area contributed by atoms with Gasteiger partial charge in [-0.15, -0.1) is 0 Å². The van der Waals surface area contributed by atoms with E-state index in [0.29, 0.717) is 5.92 Å². The molecule has 2 rings (SSSR count). The van der Waals surface area contributed by atoms with Crippen molar-refractivity contribution in [1.82, 2.24) is 0 Å². The minimum Gasteiger partial charge on any atom is -0.171 e. The summed E-state index contributed by atoms with van der Waals surface area (Å²) in [4.78, 5) is 0. The van der Waals surface area contributed by atoms with Gasteiger partial charge in [-0.1, -0.05) is 63.0 Å². The summed E-state index contributed by atoms with van der Waals surface area (Å²) >= 11 is 0. The summed E-state index contributed by atoms with van der Waals surface area (Å²) in [7, 11) is 0. The number of rotatable bonds is 7. The first kappa shape index (κ1) is 20.9. The highest BCUT2D eigenvalue weighted by Gasteiger charge is 2.25. The zero-order chi connectivity index (χ0) is 18.8. The van der Waals surface area contributed by atoms with E-state index in [-0.39, 0.29) is 6.42 Å². The molecule has 0 N–H and O–H groups in total. The highest BCUT2D eigenvalue weighted by atomic mass is 19.4. The lowest BCUT2D eigenvalue weighted by Crippen LogP contribution is -2.13. The third-order valence-corrected chi connectivity index (χ3v) is 5.46. The molecule has 0 aromatic heterocycles. The van der Waals surface area contributed by atoms with E-state index in [0.717, 1.165) is 11.5 Å². The summed E-state index contributed by atoms with van der Waals surface area (Å²) in [5.41, 5.74) is 2.16. The van der Waals surface area contributed by atoms with Gasteiger partial charge in [-0.05, 0) is 55.2 Å². The van der Waals surface area contributed by atoms with E-state index in [4.69, 9.17) is 0 Å². The maximum Gasteiger partial charge on any atom is 0.390 e. The summed E-state index contributed by atoms with van der Waals surface area (Å²) in [6.45, 7) is 2.25. The third-order valence-electron chi connectivity index (χ3n) is 5.46. The van der Waals surface area contributed by atoms with Crippen molar-refractivity contribution in [3.05, 3.63) is 35.4 Å². The van der Waals surface area contributed by atoms with Crippen LogP contribution in [0.1, 0.15) is 94.6 Å². The second-order valence-electron chi connectivity index (χ2n) is 7.61. The van der Waals surface area contributed by atoms with Gasteiger partial charge in [0, 0.05) is 12.0 Å². The molecule has 1 aromatic rings.